The zero-order valence-corrected chi connectivity index (χ0v) is 12.9. The van der Waals surface area contributed by atoms with Crippen LogP contribution in [0.3, 0.4) is 0 Å². The molecule has 0 amide bonds. The molecule has 2 saturated carbocycles. The Kier molecular flexibility index (Phi) is 3.99. The van der Waals surface area contributed by atoms with Gasteiger partial charge in [0.25, 0.3) is 0 Å². The van der Waals surface area contributed by atoms with Crippen LogP contribution in [0.4, 0.5) is 0 Å². The summed E-state index contributed by atoms with van der Waals surface area (Å²) in [6.07, 6.45) is 10.1. The summed E-state index contributed by atoms with van der Waals surface area (Å²) in [7, 11) is 0. The lowest BCUT2D eigenvalue weighted by Crippen LogP contribution is -2.41. The molecule has 21 heavy (non-hydrogen) atoms. The Morgan fingerprint density at radius 3 is 2.86 bits per heavy atom. The zero-order chi connectivity index (χ0) is 14.1. The molecular formula is C17H27N3O. The fraction of sp³-hybridized carbons (Fsp3) is 0.824. The molecule has 0 spiro atoms. The van der Waals surface area contributed by atoms with Crippen LogP contribution in [-0.2, 0) is 11.3 Å². The predicted octanol–water partition coefficient (Wildman–Crippen LogP) is 2.86. The van der Waals surface area contributed by atoms with Gasteiger partial charge in [0.15, 0.2) is 0 Å². The Morgan fingerprint density at radius 1 is 1.19 bits per heavy atom. The van der Waals surface area contributed by atoms with Crippen LogP contribution >= 0.6 is 0 Å². The summed E-state index contributed by atoms with van der Waals surface area (Å²) < 4.78 is 8.09. The van der Waals surface area contributed by atoms with E-state index in [0.29, 0.717) is 6.04 Å². The summed E-state index contributed by atoms with van der Waals surface area (Å²) >= 11 is 0. The predicted molar refractivity (Wildman–Crippen MR) is 82.0 cm³/mol. The molecule has 0 saturated heterocycles. The van der Waals surface area contributed by atoms with Crippen molar-refractivity contribution in [3.8, 4) is 0 Å². The van der Waals surface area contributed by atoms with E-state index < -0.39 is 0 Å². The van der Waals surface area contributed by atoms with E-state index in [1.807, 2.05) is 6.20 Å². The quantitative estimate of drug-likeness (QED) is 0.723. The highest BCUT2D eigenvalue weighted by atomic mass is 16.5. The third-order valence-corrected chi connectivity index (χ3v) is 5.34. The van der Waals surface area contributed by atoms with E-state index in [2.05, 4.69) is 20.7 Å². The fourth-order valence-electron chi connectivity index (χ4n) is 3.61. The SMILES string of the molecule is c1cc2n(n1)C(CCOCC1CC1)CN(CC1CCC1)C2. The van der Waals surface area contributed by atoms with Crippen molar-refractivity contribution in [1.82, 2.24) is 14.7 Å². The van der Waals surface area contributed by atoms with E-state index in [9.17, 15) is 0 Å². The molecule has 4 nitrogen and oxygen atoms in total. The number of hydrogen-bond donors (Lipinski definition) is 0. The molecule has 1 unspecified atom stereocenters. The topological polar surface area (TPSA) is 30.3 Å². The van der Waals surface area contributed by atoms with Gasteiger partial charge in [0, 0.05) is 39.0 Å². The van der Waals surface area contributed by atoms with Crippen molar-refractivity contribution in [2.45, 2.75) is 51.1 Å². The van der Waals surface area contributed by atoms with Gasteiger partial charge in [-0.15, -0.1) is 0 Å². The Bertz CT molecular complexity index is 464. The van der Waals surface area contributed by atoms with E-state index in [-0.39, 0.29) is 0 Å². The minimum Gasteiger partial charge on any atom is -0.381 e. The Balaban J connectivity index is 1.32. The van der Waals surface area contributed by atoms with Crippen LogP contribution in [0.1, 0.15) is 50.3 Å². The van der Waals surface area contributed by atoms with Crippen LogP contribution in [-0.4, -0.2) is 41.0 Å². The van der Waals surface area contributed by atoms with Gasteiger partial charge < -0.3 is 4.74 Å². The van der Waals surface area contributed by atoms with E-state index >= 15 is 0 Å². The highest BCUT2D eigenvalue weighted by Gasteiger charge is 2.29. The van der Waals surface area contributed by atoms with Gasteiger partial charge in [0.2, 0.25) is 0 Å². The molecule has 0 bridgehead atoms. The van der Waals surface area contributed by atoms with Crippen LogP contribution in [0.25, 0.3) is 0 Å². The van der Waals surface area contributed by atoms with E-state index in [0.717, 1.165) is 44.6 Å². The number of rotatable bonds is 7. The fourth-order valence-corrected chi connectivity index (χ4v) is 3.61. The molecule has 3 aliphatic rings. The maximum atomic E-state index is 5.84. The van der Waals surface area contributed by atoms with Crippen molar-refractivity contribution in [3.05, 3.63) is 18.0 Å². The first-order chi connectivity index (χ1) is 10.4. The van der Waals surface area contributed by atoms with E-state index in [1.165, 1.54) is 44.3 Å². The highest BCUT2D eigenvalue weighted by molar-refractivity contribution is 5.05. The second-order valence-electron chi connectivity index (χ2n) is 7.22. The number of aromatic nitrogens is 2. The Labute approximate surface area is 127 Å². The maximum Gasteiger partial charge on any atom is 0.0671 e. The van der Waals surface area contributed by atoms with Crippen molar-refractivity contribution in [2.24, 2.45) is 11.8 Å². The highest BCUT2D eigenvalue weighted by Crippen LogP contribution is 2.31. The molecule has 4 rings (SSSR count). The van der Waals surface area contributed by atoms with Crippen molar-refractivity contribution < 1.29 is 4.74 Å². The average Bonchev–Trinajstić information content (AvgIpc) is 3.14. The lowest BCUT2D eigenvalue weighted by molar-refractivity contribution is 0.0814. The molecule has 4 heteroatoms. The van der Waals surface area contributed by atoms with Crippen LogP contribution < -0.4 is 0 Å². The molecule has 1 aliphatic heterocycles. The van der Waals surface area contributed by atoms with Crippen LogP contribution in [0.15, 0.2) is 12.3 Å². The monoisotopic (exact) mass is 289 g/mol. The molecule has 0 N–H and O–H groups in total. The maximum absolute atomic E-state index is 5.84. The van der Waals surface area contributed by atoms with Gasteiger partial charge >= 0.3 is 0 Å². The molecule has 2 fully saturated rings. The van der Waals surface area contributed by atoms with Gasteiger partial charge in [-0.25, -0.2) is 0 Å². The first kappa shape index (κ1) is 13.8. The van der Waals surface area contributed by atoms with Gasteiger partial charge in [-0.1, -0.05) is 6.42 Å². The van der Waals surface area contributed by atoms with Gasteiger partial charge in [0.1, 0.15) is 0 Å². The van der Waals surface area contributed by atoms with Gasteiger partial charge in [0.05, 0.1) is 11.7 Å². The second kappa shape index (κ2) is 6.09. The van der Waals surface area contributed by atoms with Crippen LogP contribution in [0, 0.1) is 11.8 Å². The minimum atomic E-state index is 0.503. The van der Waals surface area contributed by atoms with Crippen LogP contribution in [0.2, 0.25) is 0 Å². The van der Waals surface area contributed by atoms with Crippen molar-refractivity contribution in [3.63, 3.8) is 0 Å². The normalized spacial score (nSPS) is 26.6. The average molecular weight is 289 g/mol. The first-order valence-corrected chi connectivity index (χ1v) is 8.71. The lowest BCUT2D eigenvalue weighted by Gasteiger charge is -2.38. The summed E-state index contributed by atoms with van der Waals surface area (Å²) in [6, 6.07) is 2.69. The Hall–Kier alpha value is -0.870. The van der Waals surface area contributed by atoms with Crippen LogP contribution in [0.5, 0.6) is 0 Å². The molecule has 0 radical (unpaired) electrons. The zero-order valence-electron chi connectivity index (χ0n) is 12.9. The van der Waals surface area contributed by atoms with E-state index in [1.54, 1.807) is 0 Å². The second-order valence-corrected chi connectivity index (χ2v) is 7.22. The summed E-state index contributed by atoms with van der Waals surface area (Å²) in [6.45, 7) is 5.38. The van der Waals surface area contributed by atoms with E-state index in [4.69, 9.17) is 4.74 Å². The molecule has 1 aromatic heterocycles. The summed E-state index contributed by atoms with van der Waals surface area (Å²) in [4.78, 5) is 2.65. The van der Waals surface area contributed by atoms with Gasteiger partial charge in [-0.3, -0.25) is 9.58 Å². The van der Waals surface area contributed by atoms with Crippen molar-refractivity contribution in [1.29, 1.82) is 0 Å². The molecule has 116 valence electrons. The van der Waals surface area contributed by atoms with Crippen molar-refractivity contribution in [2.75, 3.05) is 26.3 Å². The smallest absolute Gasteiger partial charge is 0.0671 e. The Morgan fingerprint density at radius 2 is 2.10 bits per heavy atom. The summed E-state index contributed by atoms with van der Waals surface area (Å²) in [5.74, 6) is 1.82. The third-order valence-electron chi connectivity index (χ3n) is 5.34. The minimum absolute atomic E-state index is 0.503. The summed E-state index contributed by atoms with van der Waals surface area (Å²) in [5.41, 5.74) is 1.38. The first-order valence-electron chi connectivity index (χ1n) is 8.71. The lowest BCUT2D eigenvalue weighted by atomic mass is 9.85. The molecule has 2 heterocycles. The third kappa shape index (κ3) is 3.32. The molecule has 2 aliphatic carbocycles. The summed E-state index contributed by atoms with van der Waals surface area (Å²) in [5, 5.41) is 4.55. The number of fused-ring (bicyclic) bond motifs is 1. The number of hydrogen-bond acceptors (Lipinski definition) is 3. The number of nitrogens with zero attached hydrogens (tertiary/aromatic N) is 3. The molecule has 0 aromatic carbocycles. The van der Waals surface area contributed by atoms with Crippen molar-refractivity contribution >= 4 is 0 Å². The standard InChI is InChI=1S/C17H27N3O/c1-2-14(3-1)10-19-11-16-6-8-18-20(16)17(12-19)7-9-21-13-15-4-5-15/h6,8,14-15,17H,1-5,7,9-13H2. The molecule has 1 aromatic rings. The largest absolute Gasteiger partial charge is 0.381 e. The molecular weight excluding hydrogens is 262 g/mol. The van der Waals surface area contributed by atoms with Gasteiger partial charge in [-0.05, 0) is 50.0 Å². The van der Waals surface area contributed by atoms with Gasteiger partial charge in [-0.2, -0.15) is 5.10 Å². The number of ether oxygens (including phenoxy) is 1. The molecule has 1 atom stereocenters.